The van der Waals surface area contributed by atoms with Crippen molar-refractivity contribution in [3.63, 3.8) is 0 Å². The van der Waals surface area contributed by atoms with Crippen LogP contribution < -0.4 is 11.1 Å². The van der Waals surface area contributed by atoms with Crippen LogP contribution >= 0.6 is 0 Å². The van der Waals surface area contributed by atoms with E-state index in [0.29, 0.717) is 6.07 Å². The van der Waals surface area contributed by atoms with E-state index in [0.717, 1.165) is 13.2 Å². The van der Waals surface area contributed by atoms with Gasteiger partial charge in [-0.3, -0.25) is 4.79 Å². The second-order valence-electron chi connectivity index (χ2n) is 5.02. The molecule has 1 amide bonds. The van der Waals surface area contributed by atoms with Crippen molar-refractivity contribution in [3.8, 4) is 0 Å². The number of halogens is 2. The van der Waals surface area contributed by atoms with Crippen LogP contribution in [-0.2, 0) is 9.53 Å². The van der Waals surface area contributed by atoms with Gasteiger partial charge in [-0.15, -0.1) is 0 Å². The Balaban J connectivity index is 3.01. The van der Waals surface area contributed by atoms with Crippen LogP contribution in [0, 0.1) is 11.6 Å². The first-order chi connectivity index (χ1) is 9.14. The molecule has 0 spiro atoms. The predicted octanol–water partition coefficient (Wildman–Crippen LogP) is 1.82. The first-order valence-electron chi connectivity index (χ1n) is 5.80. The molecule has 0 radical (unpaired) electrons. The molecule has 0 saturated heterocycles. The van der Waals surface area contributed by atoms with E-state index in [1.54, 1.807) is 13.8 Å². The minimum atomic E-state index is -1.06. The molecule has 1 aromatic carbocycles. The average molecular weight is 286 g/mol. The van der Waals surface area contributed by atoms with E-state index < -0.39 is 34.6 Å². The number of ether oxygens (including phenoxy) is 1. The zero-order chi connectivity index (χ0) is 15.5. The van der Waals surface area contributed by atoms with Gasteiger partial charge in [0.15, 0.2) is 0 Å². The van der Waals surface area contributed by atoms with Crippen LogP contribution in [0.3, 0.4) is 0 Å². The lowest BCUT2D eigenvalue weighted by Crippen LogP contribution is -2.36. The number of anilines is 1. The number of nitrogens with one attached hydrogen (secondary N) is 1. The Labute approximate surface area is 115 Å². The van der Waals surface area contributed by atoms with Crippen LogP contribution in [0.4, 0.5) is 14.5 Å². The monoisotopic (exact) mass is 286 g/mol. The smallest absolute Gasteiger partial charge is 0.340 e. The molecule has 0 atom stereocenters. The summed E-state index contributed by atoms with van der Waals surface area (Å²) in [4.78, 5) is 22.9. The molecule has 0 bridgehead atoms. The molecular formula is C13H16F2N2O3. The summed E-state index contributed by atoms with van der Waals surface area (Å²) in [5.74, 6) is -3.55. The first-order valence-corrected chi connectivity index (χ1v) is 5.80. The van der Waals surface area contributed by atoms with Gasteiger partial charge in [-0.2, -0.15) is 0 Å². The number of carbonyl (C=O) groups is 2. The first kappa shape index (κ1) is 16.0. The largest absolute Gasteiger partial charge is 0.465 e. The van der Waals surface area contributed by atoms with E-state index in [1.165, 1.54) is 0 Å². The molecule has 0 saturated carbocycles. The van der Waals surface area contributed by atoms with Gasteiger partial charge in [0, 0.05) is 18.0 Å². The lowest BCUT2D eigenvalue weighted by atomic mass is 10.0. The Bertz CT molecular complexity index is 539. The molecule has 110 valence electrons. The molecule has 5 nitrogen and oxygen atoms in total. The fourth-order valence-corrected chi connectivity index (χ4v) is 1.52. The quantitative estimate of drug-likeness (QED) is 0.827. The summed E-state index contributed by atoms with van der Waals surface area (Å²) in [6, 6.07) is 1.40. The Morgan fingerprint density at radius 1 is 1.30 bits per heavy atom. The zero-order valence-corrected chi connectivity index (χ0v) is 11.4. The van der Waals surface area contributed by atoms with Crippen molar-refractivity contribution in [2.75, 3.05) is 12.4 Å². The molecule has 0 aliphatic rings. The van der Waals surface area contributed by atoms with Gasteiger partial charge in [0.25, 0.3) is 0 Å². The summed E-state index contributed by atoms with van der Waals surface area (Å²) >= 11 is 0. The topological polar surface area (TPSA) is 81.4 Å². The number of esters is 1. The van der Waals surface area contributed by atoms with Crippen molar-refractivity contribution < 1.29 is 23.1 Å². The van der Waals surface area contributed by atoms with Gasteiger partial charge in [-0.05, 0) is 19.9 Å². The third-order valence-corrected chi connectivity index (χ3v) is 2.35. The lowest BCUT2D eigenvalue weighted by Gasteiger charge is -2.18. The molecule has 1 rings (SSSR count). The van der Waals surface area contributed by atoms with Gasteiger partial charge in [0.1, 0.15) is 11.6 Å². The molecule has 0 fully saturated rings. The summed E-state index contributed by atoms with van der Waals surface area (Å²) in [5.41, 5.74) is 4.12. The van der Waals surface area contributed by atoms with Gasteiger partial charge in [-0.1, -0.05) is 0 Å². The number of hydrogen-bond donors (Lipinski definition) is 2. The molecule has 1 aromatic rings. The van der Waals surface area contributed by atoms with E-state index in [1.807, 2.05) is 0 Å². The third kappa shape index (κ3) is 4.27. The SMILES string of the molecule is COC(=O)c1cc(NC(=O)CC(C)(C)N)c(F)cc1F. The normalized spacial score (nSPS) is 11.1. The van der Waals surface area contributed by atoms with Gasteiger partial charge in [0.05, 0.1) is 18.4 Å². The summed E-state index contributed by atoms with van der Waals surface area (Å²) in [6.45, 7) is 3.26. The third-order valence-electron chi connectivity index (χ3n) is 2.35. The maximum atomic E-state index is 13.6. The van der Waals surface area contributed by atoms with Crippen molar-refractivity contribution in [1.29, 1.82) is 0 Å². The average Bonchev–Trinajstić information content (AvgIpc) is 2.29. The Hall–Kier alpha value is -2.02. The highest BCUT2D eigenvalue weighted by Crippen LogP contribution is 2.21. The maximum absolute atomic E-state index is 13.6. The molecule has 0 unspecified atom stereocenters. The van der Waals surface area contributed by atoms with Crippen molar-refractivity contribution >= 4 is 17.6 Å². The number of hydrogen-bond acceptors (Lipinski definition) is 4. The Morgan fingerprint density at radius 3 is 2.40 bits per heavy atom. The molecule has 0 aliphatic heterocycles. The van der Waals surface area contributed by atoms with Crippen LogP contribution in [0.15, 0.2) is 12.1 Å². The molecule has 3 N–H and O–H groups in total. The second-order valence-corrected chi connectivity index (χ2v) is 5.02. The number of carbonyl (C=O) groups excluding carboxylic acids is 2. The summed E-state index contributed by atoms with van der Waals surface area (Å²) < 4.78 is 31.3. The molecule has 0 aliphatic carbocycles. The van der Waals surface area contributed by atoms with Gasteiger partial charge in [-0.25, -0.2) is 13.6 Å². The minimum Gasteiger partial charge on any atom is -0.465 e. The lowest BCUT2D eigenvalue weighted by molar-refractivity contribution is -0.117. The molecule has 7 heteroatoms. The number of methoxy groups -OCH3 is 1. The van der Waals surface area contributed by atoms with E-state index in [4.69, 9.17) is 5.73 Å². The fourth-order valence-electron chi connectivity index (χ4n) is 1.52. The van der Waals surface area contributed by atoms with E-state index >= 15 is 0 Å². The summed E-state index contributed by atoms with van der Waals surface area (Å²) in [6.07, 6.45) is -0.0582. The highest BCUT2D eigenvalue weighted by Gasteiger charge is 2.20. The van der Waals surface area contributed by atoms with Crippen LogP contribution in [0.5, 0.6) is 0 Å². The van der Waals surface area contributed by atoms with Crippen molar-refractivity contribution in [2.45, 2.75) is 25.8 Å². The maximum Gasteiger partial charge on any atom is 0.340 e. The predicted molar refractivity (Wildman–Crippen MR) is 69.2 cm³/mol. The van der Waals surface area contributed by atoms with E-state index in [-0.39, 0.29) is 12.1 Å². The Kier molecular flexibility index (Phi) is 4.78. The van der Waals surface area contributed by atoms with Crippen LogP contribution in [0.25, 0.3) is 0 Å². The number of nitrogens with two attached hydrogens (primary N) is 1. The van der Waals surface area contributed by atoms with Crippen molar-refractivity contribution in [1.82, 2.24) is 0 Å². The number of rotatable bonds is 4. The van der Waals surface area contributed by atoms with Gasteiger partial charge in [0.2, 0.25) is 5.91 Å². The van der Waals surface area contributed by atoms with Gasteiger partial charge < -0.3 is 15.8 Å². The highest BCUT2D eigenvalue weighted by molar-refractivity contribution is 5.95. The minimum absolute atomic E-state index is 0.0582. The molecule has 0 heterocycles. The Morgan fingerprint density at radius 2 is 1.90 bits per heavy atom. The van der Waals surface area contributed by atoms with Crippen LogP contribution in [0.2, 0.25) is 0 Å². The van der Waals surface area contributed by atoms with Gasteiger partial charge >= 0.3 is 5.97 Å². The summed E-state index contributed by atoms with van der Waals surface area (Å²) in [7, 11) is 1.07. The second kappa shape index (κ2) is 5.96. The van der Waals surface area contributed by atoms with Crippen LogP contribution in [-0.4, -0.2) is 24.5 Å². The molecule has 0 aromatic heterocycles. The highest BCUT2D eigenvalue weighted by atomic mass is 19.1. The van der Waals surface area contributed by atoms with Crippen molar-refractivity contribution in [3.05, 3.63) is 29.3 Å². The molecule has 20 heavy (non-hydrogen) atoms. The van der Waals surface area contributed by atoms with E-state index in [9.17, 15) is 18.4 Å². The molecular weight excluding hydrogens is 270 g/mol. The van der Waals surface area contributed by atoms with Crippen molar-refractivity contribution in [2.24, 2.45) is 5.73 Å². The van der Waals surface area contributed by atoms with Crippen LogP contribution in [0.1, 0.15) is 30.6 Å². The number of amides is 1. The zero-order valence-electron chi connectivity index (χ0n) is 11.4. The fraction of sp³-hybridized carbons (Fsp3) is 0.385. The standard InChI is InChI=1S/C13H16F2N2O3/c1-13(2,16)6-11(18)17-10-4-7(12(19)20-3)8(14)5-9(10)15/h4-5H,6,16H2,1-3H3,(H,17,18). The number of benzene rings is 1. The summed E-state index contributed by atoms with van der Waals surface area (Å²) in [5, 5.41) is 2.24. The van der Waals surface area contributed by atoms with E-state index in [2.05, 4.69) is 10.1 Å².